The molecule has 1 N–H and O–H groups in total. The second-order valence-corrected chi connectivity index (χ2v) is 7.77. The molecule has 1 saturated heterocycles. The molecule has 2 aromatic rings. The van der Waals surface area contributed by atoms with Crippen LogP contribution in [-0.4, -0.2) is 48.0 Å². The number of hydrogen-bond donors (Lipinski definition) is 1. The lowest BCUT2D eigenvalue weighted by Gasteiger charge is -2.38. The highest BCUT2D eigenvalue weighted by Gasteiger charge is 2.28. The number of hydrogen-bond acceptors (Lipinski definition) is 5. The molecule has 0 aromatic heterocycles. The number of benzene rings is 2. The standard InChI is InChI=1S/C20H23BrN4O3/c1-14-7-8-17(16(21)13-14)22-20(26)15(2)23-9-11-24(12-10-23)18-5-3-4-6-19(18)25(27)28/h3-8,13,15H,9-12H2,1-2H3,(H,22,26). The van der Waals surface area contributed by atoms with Gasteiger partial charge in [-0.3, -0.25) is 19.8 Å². The lowest BCUT2D eigenvalue weighted by Crippen LogP contribution is -2.53. The molecule has 0 radical (unpaired) electrons. The average Bonchev–Trinajstić information content (AvgIpc) is 2.69. The van der Waals surface area contributed by atoms with E-state index in [-0.39, 0.29) is 22.6 Å². The molecule has 2 aromatic carbocycles. The Morgan fingerprint density at radius 3 is 2.50 bits per heavy atom. The number of nitro benzene ring substituents is 1. The van der Waals surface area contributed by atoms with Crippen molar-refractivity contribution in [3.8, 4) is 0 Å². The van der Waals surface area contributed by atoms with Crippen molar-refractivity contribution in [2.45, 2.75) is 19.9 Å². The van der Waals surface area contributed by atoms with E-state index in [4.69, 9.17) is 0 Å². The van der Waals surface area contributed by atoms with Gasteiger partial charge in [-0.15, -0.1) is 0 Å². The Morgan fingerprint density at radius 1 is 1.18 bits per heavy atom. The van der Waals surface area contributed by atoms with Crippen LogP contribution in [0.25, 0.3) is 0 Å². The van der Waals surface area contributed by atoms with Crippen molar-refractivity contribution >= 4 is 38.9 Å². The van der Waals surface area contributed by atoms with Crippen LogP contribution in [0, 0.1) is 17.0 Å². The largest absolute Gasteiger partial charge is 0.363 e. The summed E-state index contributed by atoms with van der Waals surface area (Å²) in [5.41, 5.74) is 2.61. The summed E-state index contributed by atoms with van der Waals surface area (Å²) in [6, 6.07) is 12.3. The van der Waals surface area contributed by atoms with Crippen LogP contribution in [0.1, 0.15) is 12.5 Å². The number of anilines is 2. The number of piperazine rings is 1. The third-order valence-electron chi connectivity index (χ3n) is 5.04. The molecule has 0 aliphatic carbocycles. The van der Waals surface area contributed by atoms with Crippen molar-refractivity contribution in [2.24, 2.45) is 0 Å². The molecular weight excluding hydrogens is 424 g/mol. The van der Waals surface area contributed by atoms with E-state index in [1.54, 1.807) is 12.1 Å². The van der Waals surface area contributed by atoms with Gasteiger partial charge in [0.2, 0.25) is 5.91 Å². The summed E-state index contributed by atoms with van der Waals surface area (Å²) in [6.45, 7) is 6.48. The average molecular weight is 447 g/mol. The van der Waals surface area contributed by atoms with E-state index in [1.807, 2.05) is 43.0 Å². The van der Waals surface area contributed by atoms with E-state index >= 15 is 0 Å². The van der Waals surface area contributed by atoms with Gasteiger partial charge in [0.05, 0.1) is 16.7 Å². The number of nitrogens with one attached hydrogen (secondary N) is 1. The third kappa shape index (κ3) is 4.51. The summed E-state index contributed by atoms with van der Waals surface area (Å²) < 4.78 is 0.856. The first-order valence-corrected chi connectivity index (χ1v) is 9.95. The molecule has 0 bridgehead atoms. The molecule has 1 atom stereocenters. The molecule has 148 valence electrons. The van der Waals surface area contributed by atoms with Gasteiger partial charge in [-0.25, -0.2) is 0 Å². The quantitative estimate of drug-likeness (QED) is 0.557. The van der Waals surface area contributed by atoms with E-state index in [1.165, 1.54) is 6.07 Å². The van der Waals surface area contributed by atoms with Gasteiger partial charge in [-0.05, 0) is 53.5 Å². The van der Waals surface area contributed by atoms with Crippen molar-refractivity contribution in [1.82, 2.24) is 4.90 Å². The number of halogens is 1. The number of nitrogens with zero attached hydrogens (tertiary/aromatic N) is 3. The predicted molar refractivity (Wildman–Crippen MR) is 114 cm³/mol. The Kier molecular flexibility index (Phi) is 6.31. The van der Waals surface area contributed by atoms with Crippen molar-refractivity contribution in [3.05, 3.63) is 62.6 Å². The summed E-state index contributed by atoms with van der Waals surface area (Å²) >= 11 is 3.48. The smallest absolute Gasteiger partial charge is 0.292 e. The summed E-state index contributed by atoms with van der Waals surface area (Å²) in [5, 5.41) is 14.2. The van der Waals surface area contributed by atoms with Gasteiger partial charge in [-0.1, -0.05) is 18.2 Å². The Morgan fingerprint density at radius 2 is 1.86 bits per heavy atom. The lowest BCUT2D eigenvalue weighted by atomic mass is 10.1. The van der Waals surface area contributed by atoms with Crippen LogP contribution >= 0.6 is 15.9 Å². The first kappa shape index (κ1) is 20.3. The van der Waals surface area contributed by atoms with Crippen molar-refractivity contribution < 1.29 is 9.72 Å². The molecule has 8 heteroatoms. The Labute approximate surface area is 172 Å². The van der Waals surface area contributed by atoms with Gasteiger partial charge in [0.25, 0.3) is 5.69 Å². The zero-order chi connectivity index (χ0) is 20.3. The molecule has 0 saturated carbocycles. The van der Waals surface area contributed by atoms with Gasteiger partial charge in [0.1, 0.15) is 5.69 Å². The van der Waals surface area contributed by atoms with Crippen LogP contribution in [0.3, 0.4) is 0 Å². The molecule has 1 aliphatic rings. The van der Waals surface area contributed by atoms with Crippen LogP contribution in [0.2, 0.25) is 0 Å². The predicted octanol–water partition coefficient (Wildman–Crippen LogP) is 3.81. The van der Waals surface area contributed by atoms with Gasteiger partial charge < -0.3 is 10.2 Å². The Hall–Kier alpha value is -2.45. The molecule has 3 rings (SSSR count). The third-order valence-corrected chi connectivity index (χ3v) is 5.70. The number of para-hydroxylation sites is 2. The van der Waals surface area contributed by atoms with E-state index in [0.717, 1.165) is 15.7 Å². The molecule has 0 spiro atoms. The molecule has 1 amide bonds. The van der Waals surface area contributed by atoms with Crippen molar-refractivity contribution in [2.75, 3.05) is 36.4 Å². The number of rotatable bonds is 5. The summed E-state index contributed by atoms with van der Waals surface area (Å²) in [7, 11) is 0. The molecule has 1 aliphatic heterocycles. The second-order valence-electron chi connectivity index (χ2n) is 6.92. The van der Waals surface area contributed by atoms with Crippen LogP contribution in [0.5, 0.6) is 0 Å². The number of amides is 1. The first-order chi connectivity index (χ1) is 13.4. The van der Waals surface area contributed by atoms with E-state index in [9.17, 15) is 14.9 Å². The van der Waals surface area contributed by atoms with Crippen LogP contribution in [0.15, 0.2) is 46.9 Å². The fraction of sp³-hybridized carbons (Fsp3) is 0.350. The van der Waals surface area contributed by atoms with Crippen molar-refractivity contribution in [3.63, 3.8) is 0 Å². The minimum absolute atomic E-state index is 0.0660. The fourth-order valence-corrected chi connectivity index (χ4v) is 3.95. The van der Waals surface area contributed by atoms with Gasteiger partial charge >= 0.3 is 0 Å². The fourth-order valence-electron chi connectivity index (χ4n) is 3.36. The maximum Gasteiger partial charge on any atom is 0.292 e. The zero-order valence-corrected chi connectivity index (χ0v) is 17.5. The molecule has 7 nitrogen and oxygen atoms in total. The molecule has 1 fully saturated rings. The Bertz CT molecular complexity index is 882. The van der Waals surface area contributed by atoms with Gasteiger partial charge in [0.15, 0.2) is 0 Å². The maximum absolute atomic E-state index is 12.7. The van der Waals surface area contributed by atoms with Crippen LogP contribution < -0.4 is 10.2 Å². The minimum atomic E-state index is -0.350. The Balaban J connectivity index is 1.61. The summed E-state index contributed by atoms with van der Waals surface area (Å²) in [6.07, 6.45) is 0. The number of carbonyl (C=O) groups is 1. The van der Waals surface area contributed by atoms with Gasteiger partial charge in [-0.2, -0.15) is 0 Å². The molecule has 1 heterocycles. The lowest BCUT2D eigenvalue weighted by molar-refractivity contribution is -0.384. The van der Waals surface area contributed by atoms with E-state index in [2.05, 4.69) is 26.1 Å². The summed E-state index contributed by atoms with van der Waals surface area (Å²) in [5.74, 6) is -0.0660. The van der Waals surface area contributed by atoms with Crippen LogP contribution in [0.4, 0.5) is 17.1 Å². The topological polar surface area (TPSA) is 78.7 Å². The molecule has 28 heavy (non-hydrogen) atoms. The zero-order valence-electron chi connectivity index (χ0n) is 15.9. The number of nitro groups is 1. The second kappa shape index (κ2) is 8.70. The summed E-state index contributed by atoms with van der Waals surface area (Å²) in [4.78, 5) is 27.7. The maximum atomic E-state index is 12.7. The normalized spacial score (nSPS) is 15.9. The SMILES string of the molecule is Cc1ccc(NC(=O)C(C)N2CCN(c3ccccc3[N+](=O)[O-])CC2)c(Br)c1. The molecule has 1 unspecified atom stereocenters. The van der Waals surface area contributed by atoms with Crippen molar-refractivity contribution in [1.29, 1.82) is 0 Å². The van der Waals surface area contributed by atoms with Gasteiger partial charge in [0, 0.05) is 36.7 Å². The monoisotopic (exact) mass is 446 g/mol. The minimum Gasteiger partial charge on any atom is -0.363 e. The highest BCUT2D eigenvalue weighted by molar-refractivity contribution is 9.10. The molecular formula is C20H23BrN4O3. The highest BCUT2D eigenvalue weighted by atomic mass is 79.9. The van der Waals surface area contributed by atoms with E-state index in [0.29, 0.717) is 31.9 Å². The highest BCUT2D eigenvalue weighted by Crippen LogP contribution is 2.29. The number of carbonyl (C=O) groups excluding carboxylic acids is 1. The van der Waals surface area contributed by atoms with Crippen LogP contribution in [-0.2, 0) is 4.79 Å². The number of aryl methyl sites for hydroxylation is 1. The van der Waals surface area contributed by atoms with E-state index < -0.39 is 0 Å². The first-order valence-electron chi connectivity index (χ1n) is 9.16.